The molecule has 0 bridgehead atoms. The second-order valence-electron chi connectivity index (χ2n) is 4.54. The molecule has 17 heavy (non-hydrogen) atoms. The number of nitrogens with zero attached hydrogens (tertiary/aromatic N) is 3. The molecule has 0 saturated carbocycles. The third kappa shape index (κ3) is 2.40. The van der Waals surface area contributed by atoms with E-state index < -0.39 is 0 Å². The van der Waals surface area contributed by atoms with Crippen molar-refractivity contribution >= 4 is 5.82 Å². The van der Waals surface area contributed by atoms with E-state index in [0.717, 1.165) is 57.1 Å². The lowest BCUT2D eigenvalue weighted by molar-refractivity contribution is 0.108. The van der Waals surface area contributed by atoms with Gasteiger partial charge in [-0.05, 0) is 12.8 Å². The molecule has 1 aromatic heterocycles. The zero-order valence-corrected chi connectivity index (χ0v) is 9.93. The summed E-state index contributed by atoms with van der Waals surface area (Å²) < 4.78 is 5.66. The molecule has 0 amide bonds. The first-order valence-electron chi connectivity index (χ1n) is 6.33. The van der Waals surface area contributed by atoms with Crippen LogP contribution in [-0.4, -0.2) is 42.8 Å². The zero-order valence-electron chi connectivity index (χ0n) is 9.93. The molecular weight excluding hydrogens is 216 g/mol. The van der Waals surface area contributed by atoms with Crippen molar-refractivity contribution < 1.29 is 4.74 Å². The Labute approximate surface area is 101 Å². The maximum absolute atomic E-state index is 5.66. The van der Waals surface area contributed by atoms with Gasteiger partial charge in [0.15, 0.2) is 0 Å². The van der Waals surface area contributed by atoms with Gasteiger partial charge in [-0.15, -0.1) is 0 Å². The fourth-order valence-electron chi connectivity index (χ4n) is 2.42. The van der Waals surface area contributed by atoms with Crippen molar-refractivity contribution in [3.05, 3.63) is 18.1 Å². The van der Waals surface area contributed by atoms with Gasteiger partial charge >= 0.3 is 0 Å². The normalized spacial score (nSPS) is 25.2. The Hall–Kier alpha value is -1.20. The van der Waals surface area contributed by atoms with E-state index in [1.54, 1.807) is 6.33 Å². The van der Waals surface area contributed by atoms with Crippen LogP contribution in [0.3, 0.4) is 0 Å². The number of anilines is 1. The molecule has 0 aromatic carbocycles. The van der Waals surface area contributed by atoms with Gasteiger partial charge in [-0.25, -0.2) is 9.97 Å². The Morgan fingerprint density at radius 2 is 2.18 bits per heavy atom. The van der Waals surface area contributed by atoms with Gasteiger partial charge in [0.2, 0.25) is 0 Å². The first kappa shape index (κ1) is 10.9. The Morgan fingerprint density at radius 1 is 1.29 bits per heavy atom. The first-order chi connectivity index (χ1) is 8.43. The van der Waals surface area contributed by atoms with E-state index in [0.29, 0.717) is 0 Å². The number of nitrogens with one attached hydrogen (secondary N) is 1. The van der Waals surface area contributed by atoms with Crippen LogP contribution in [0.1, 0.15) is 24.6 Å². The van der Waals surface area contributed by atoms with Gasteiger partial charge in [0.25, 0.3) is 0 Å². The zero-order chi connectivity index (χ0) is 11.5. The van der Waals surface area contributed by atoms with Crippen LogP contribution in [0.25, 0.3) is 0 Å². The van der Waals surface area contributed by atoms with Crippen molar-refractivity contribution in [3.63, 3.8) is 0 Å². The average Bonchev–Trinajstić information content (AvgIpc) is 2.94. The molecule has 2 aliphatic heterocycles. The summed E-state index contributed by atoms with van der Waals surface area (Å²) in [6.07, 6.45) is 4.06. The van der Waals surface area contributed by atoms with Crippen molar-refractivity contribution in [2.45, 2.75) is 18.9 Å². The summed E-state index contributed by atoms with van der Waals surface area (Å²) in [5.74, 6) is 1.03. The largest absolute Gasteiger partial charge is 0.372 e. The minimum atomic E-state index is 0.180. The number of piperazine rings is 1. The van der Waals surface area contributed by atoms with E-state index in [-0.39, 0.29) is 6.10 Å². The lowest BCUT2D eigenvalue weighted by Gasteiger charge is -2.28. The maximum atomic E-state index is 5.66. The molecule has 5 nitrogen and oxygen atoms in total. The van der Waals surface area contributed by atoms with E-state index in [9.17, 15) is 0 Å². The van der Waals surface area contributed by atoms with Gasteiger partial charge in [0.05, 0.1) is 11.8 Å². The van der Waals surface area contributed by atoms with Crippen LogP contribution in [0.2, 0.25) is 0 Å². The predicted octanol–water partition coefficient (Wildman–Crippen LogP) is 0.738. The molecule has 1 aromatic rings. The minimum Gasteiger partial charge on any atom is -0.372 e. The van der Waals surface area contributed by atoms with E-state index in [1.165, 1.54) is 0 Å². The first-order valence-corrected chi connectivity index (χ1v) is 6.33. The molecule has 0 radical (unpaired) electrons. The van der Waals surface area contributed by atoms with Gasteiger partial charge < -0.3 is 15.0 Å². The lowest BCUT2D eigenvalue weighted by Crippen LogP contribution is -2.43. The number of aromatic nitrogens is 2. The Kier molecular flexibility index (Phi) is 3.20. The van der Waals surface area contributed by atoms with Crippen LogP contribution in [0.5, 0.6) is 0 Å². The lowest BCUT2D eigenvalue weighted by atomic mass is 10.1. The Bertz CT molecular complexity index is 373. The molecule has 2 aliphatic rings. The summed E-state index contributed by atoms with van der Waals surface area (Å²) in [7, 11) is 0. The van der Waals surface area contributed by atoms with Gasteiger partial charge in [0.1, 0.15) is 12.1 Å². The van der Waals surface area contributed by atoms with E-state index in [1.807, 2.05) is 0 Å². The Balaban J connectivity index is 1.77. The van der Waals surface area contributed by atoms with Crippen LogP contribution < -0.4 is 10.2 Å². The SMILES string of the molecule is c1nc(C2CCCO2)cc(N2CCNCC2)n1. The fraction of sp³-hybridized carbons (Fsp3) is 0.667. The van der Waals surface area contributed by atoms with Crippen LogP contribution in [-0.2, 0) is 4.74 Å². The van der Waals surface area contributed by atoms with Crippen LogP contribution in [0.15, 0.2) is 12.4 Å². The standard InChI is InChI=1S/C12H18N4O/c1-2-11(17-7-1)10-8-12(15-9-14-10)16-5-3-13-4-6-16/h8-9,11,13H,1-7H2. The van der Waals surface area contributed by atoms with Crippen LogP contribution in [0.4, 0.5) is 5.82 Å². The fourth-order valence-corrected chi connectivity index (χ4v) is 2.42. The molecule has 3 rings (SSSR count). The number of ether oxygens (including phenoxy) is 1. The molecule has 1 unspecified atom stereocenters. The maximum Gasteiger partial charge on any atom is 0.132 e. The van der Waals surface area contributed by atoms with Crippen molar-refractivity contribution in [2.75, 3.05) is 37.7 Å². The summed E-state index contributed by atoms with van der Waals surface area (Å²) in [6.45, 7) is 4.94. The van der Waals surface area contributed by atoms with E-state index in [4.69, 9.17) is 4.74 Å². The van der Waals surface area contributed by atoms with Crippen molar-refractivity contribution in [2.24, 2.45) is 0 Å². The highest BCUT2D eigenvalue weighted by atomic mass is 16.5. The van der Waals surface area contributed by atoms with Crippen molar-refractivity contribution in [1.82, 2.24) is 15.3 Å². The van der Waals surface area contributed by atoms with E-state index in [2.05, 4.69) is 26.3 Å². The molecule has 2 fully saturated rings. The van der Waals surface area contributed by atoms with Gasteiger partial charge in [0, 0.05) is 38.9 Å². The summed E-state index contributed by atoms with van der Waals surface area (Å²) >= 11 is 0. The second-order valence-corrected chi connectivity index (χ2v) is 4.54. The summed E-state index contributed by atoms with van der Waals surface area (Å²) in [5.41, 5.74) is 1.03. The molecule has 92 valence electrons. The van der Waals surface area contributed by atoms with Gasteiger partial charge in [-0.3, -0.25) is 0 Å². The minimum absolute atomic E-state index is 0.180. The number of hydrogen-bond acceptors (Lipinski definition) is 5. The molecule has 0 aliphatic carbocycles. The highest BCUT2D eigenvalue weighted by Crippen LogP contribution is 2.28. The number of hydrogen-bond donors (Lipinski definition) is 1. The molecule has 5 heteroatoms. The molecule has 1 atom stereocenters. The third-order valence-electron chi connectivity index (χ3n) is 3.37. The highest BCUT2D eigenvalue weighted by Gasteiger charge is 2.20. The third-order valence-corrected chi connectivity index (χ3v) is 3.37. The Morgan fingerprint density at radius 3 is 2.94 bits per heavy atom. The monoisotopic (exact) mass is 234 g/mol. The van der Waals surface area contributed by atoms with Crippen molar-refractivity contribution in [1.29, 1.82) is 0 Å². The predicted molar refractivity (Wildman–Crippen MR) is 65.0 cm³/mol. The molecule has 3 heterocycles. The van der Waals surface area contributed by atoms with Crippen molar-refractivity contribution in [3.8, 4) is 0 Å². The summed E-state index contributed by atoms with van der Waals surface area (Å²) in [5, 5.41) is 3.34. The average molecular weight is 234 g/mol. The highest BCUT2D eigenvalue weighted by molar-refractivity contribution is 5.40. The van der Waals surface area contributed by atoms with Crippen LogP contribution >= 0.6 is 0 Å². The molecule has 2 saturated heterocycles. The van der Waals surface area contributed by atoms with E-state index >= 15 is 0 Å². The smallest absolute Gasteiger partial charge is 0.132 e. The summed E-state index contributed by atoms with van der Waals surface area (Å²) in [6, 6.07) is 2.08. The van der Waals surface area contributed by atoms with Gasteiger partial charge in [-0.1, -0.05) is 0 Å². The second kappa shape index (κ2) is 4.98. The topological polar surface area (TPSA) is 50.3 Å². The number of rotatable bonds is 2. The quantitative estimate of drug-likeness (QED) is 0.818. The summed E-state index contributed by atoms with van der Waals surface area (Å²) in [4.78, 5) is 11.0. The van der Waals surface area contributed by atoms with Crippen LogP contribution in [0, 0.1) is 0 Å². The molecule has 1 N–H and O–H groups in total. The van der Waals surface area contributed by atoms with Gasteiger partial charge in [-0.2, -0.15) is 0 Å². The molecule has 0 spiro atoms. The molecular formula is C12H18N4O.